The van der Waals surface area contributed by atoms with Gasteiger partial charge in [-0.3, -0.25) is 4.68 Å². The molecule has 0 aliphatic carbocycles. The van der Waals surface area contributed by atoms with Gasteiger partial charge in [0, 0.05) is 11.3 Å². The number of hydrogen-bond acceptors (Lipinski definition) is 2. The first-order valence-corrected chi connectivity index (χ1v) is 6.20. The average Bonchev–Trinajstić information content (AvgIpc) is 2.63. The van der Waals surface area contributed by atoms with Gasteiger partial charge in [0.1, 0.15) is 0 Å². The molecule has 0 unspecified atom stereocenters. The zero-order valence-electron chi connectivity index (χ0n) is 11.3. The molecule has 5 nitrogen and oxygen atoms in total. The largest absolute Gasteiger partial charge is 0.370 e. The molecule has 0 amide bonds. The maximum Gasteiger partial charge on any atom is 0.186 e. The summed E-state index contributed by atoms with van der Waals surface area (Å²) in [6.07, 6.45) is 0. The van der Waals surface area contributed by atoms with Crippen LogP contribution in [0.4, 0.5) is 0 Å². The van der Waals surface area contributed by atoms with Gasteiger partial charge in [0.15, 0.2) is 5.96 Å². The smallest absolute Gasteiger partial charge is 0.186 e. The second-order valence-corrected chi connectivity index (χ2v) is 4.53. The van der Waals surface area contributed by atoms with E-state index in [-0.39, 0.29) is 5.96 Å². The number of hydrogen-bond donors (Lipinski definition) is 2. The summed E-state index contributed by atoms with van der Waals surface area (Å²) in [4.78, 5) is 4.06. The van der Waals surface area contributed by atoms with Crippen molar-refractivity contribution in [3.8, 4) is 0 Å². The Morgan fingerprint density at radius 3 is 2.53 bits per heavy atom. The molecule has 1 heterocycles. The highest BCUT2D eigenvalue weighted by atomic mass is 15.3. The molecule has 0 bridgehead atoms. The van der Waals surface area contributed by atoms with E-state index in [1.54, 1.807) is 0 Å². The Kier molecular flexibility index (Phi) is 3.85. The SMILES string of the molecule is Cc1nn(Cc2ccccc2)c(C)c1CN=C(N)N. The summed E-state index contributed by atoms with van der Waals surface area (Å²) >= 11 is 0. The lowest BCUT2D eigenvalue weighted by Gasteiger charge is -2.05. The van der Waals surface area contributed by atoms with Gasteiger partial charge in [-0.2, -0.15) is 5.10 Å². The first-order valence-electron chi connectivity index (χ1n) is 6.20. The number of aromatic nitrogens is 2. The quantitative estimate of drug-likeness (QED) is 0.640. The van der Waals surface area contributed by atoms with Crippen molar-refractivity contribution in [3.63, 3.8) is 0 Å². The summed E-state index contributed by atoms with van der Waals surface area (Å²) in [6, 6.07) is 10.2. The number of benzene rings is 1. The molecular weight excluding hydrogens is 238 g/mol. The van der Waals surface area contributed by atoms with Gasteiger partial charge in [-0.25, -0.2) is 4.99 Å². The second kappa shape index (κ2) is 5.56. The molecule has 2 rings (SSSR count). The van der Waals surface area contributed by atoms with E-state index in [0.29, 0.717) is 6.54 Å². The van der Waals surface area contributed by atoms with Crippen LogP contribution in [-0.4, -0.2) is 15.7 Å². The van der Waals surface area contributed by atoms with Crippen LogP contribution >= 0.6 is 0 Å². The van der Waals surface area contributed by atoms with Crippen molar-refractivity contribution in [2.24, 2.45) is 16.5 Å². The van der Waals surface area contributed by atoms with Gasteiger partial charge in [0.2, 0.25) is 0 Å². The van der Waals surface area contributed by atoms with Crippen LogP contribution in [0, 0.1) is 13.8 Å². The lowest BCUT2D eigenvalue weighted by atomic mass is 10.2. The van der Waals surface area contributed by atoms with Crippen LogP contribution in [-0.2, 0) is 13.1 Å². The Hall–Kier alpha value is -2.30. The number of aliphatic imine (C=N–C) groups is 1. The van der Waals surface area contributed by atoms with Crippen molar-refractivity contribution in [2.75, 3.05) is 0 Å². The molecule has 0 fully saturated rings. The van der Waals surface area contributed by atoms with E-state index in [1.165, 1.54) is 5.56 Å². The zero-order valence-corrected chi connectivity index (χ0v) is 11.3. The molecule has 1 aromatic carbocycles. The maximum absolute atomic E-state index is 5.37. The van der Waals surface area contributed by atoms with Crippen LogP contribution in [0.1, 0.15) is 22.5 Å². The predicted octanol–water partition coefficient (Wildman–Crippen LogP) is 1.32. The molecule has 0 aliphatic heterocycles. The van der Waals surface area contributed by atoms with Crippen LogP contribution in [0.3, 0.4) is 0 Å². The third-order valence-electron chi connectivity index (χ3n) is 3.13. The molecule has 0 spiro atoms. The van der Waals surface area contributed by atoms with Crippen molar-refractivity contribution < 1.29 is 0 Å². The number of guanidine groups is 1. The van der Waals surface area contributed by atoms with Gasteiger partial charge in [-0.15, -0.1) is 0 Å². The van der Waals surface area contributed by atoms with E-state index < -0.39 is 0 Å². The highest BCUT2D eigenvalue weighted by Gasteiger charge is 2.11. The van der Waals surface area contributed by atoms with Crippen LogP contribution in [0.15, 0.2) is 35.3 Å². The highest BCUT2D eigenvalue weighted by Crippen LogP contribution is 2.15. The van der Waals surface area contributed by atoms with Gasteiger partial charge >= 0.3 is 0 Å². The molecule has 19 heavy (non-hydrogen) atoms. The Balaban J connectivity index is 2.24. The monoisotopic (exact) mass is 257 g/mol. The van der Waals surface area contributed by atoms with Crippen molar-refractivity contribution in [2.45, 2.75) is 26.9 Å². The Morgan fingerprint density at radius 1 is 1.21 bits per heavy atom. The van der Waals surface area contributed by atoms with Crippen LogP contribution < -0.4 is 11.5 Å². The van der Waals surface area contributed by atoms with Crippen molar-refractivity contribution >= 4 is 5.96 Å². The Bertz CT molecular complexity index is 579. The third kappa shape index (κ3) is 3.13. The van der Waals surface area contributed by atoms with Gasteiger partial charge in [0.25, 0.3) is 0 Å². The number of nitrogens with zero attached hydrogens (tertiary/aromatic N) is 3. The number of nitrogens with two attached hydrogens (primary N) is 2. The first-order chi connectivity index (χ1) is 9.08. The molecule has 4 N–H and O–H groups in total. The number of rotatable bonds is 4. The minimum Gasteiger partial charge on any atom is -0.370 e. The van der Waals surface area contributed by atoms with Crippen molar-refractivity contribution in [1.29, 1.82) is 0 Å². The molecule has 0 aliphatic rings. The summed E-state index contributed by atoms with van der Waals surface area (Å²) in [6.45, 7) is 5.26. The minimum absolute atomic E-state index is 0.106. The van der Waals surface area contributed by atoms with Crippen LogP contribution in [0.2, 0.25) is 0 Å². The molecule has 0 atom stereocenters. The van der Waals surface area contributed by atoms with Crippen LogP contribution in [0.25, 0.3) is 0 Å². The molecule has 0 saturated carbocycles. The molecule has 2 aromatic rings. The van der Waals surface area contributed by atoms with Crippen LogP contribution in [0.5, 0.6) is 0 Å². The van der Waals surface area contributed by atoms with Gasteiger partial charge in [-0.05, 0) is 19.4 Å². The summed E-state index contributed by atoms with van der Waals surface area (Å²) < 4.78 is 1.99. The van der Waals surface area contributed by atoms with E-state index in [0.717, 1.165) is 23.5 Å². The molecule has 1 aromatic heterocycles. The average molecular weight is 257 g/mol. The van der Waals surface area contributed by atoms with Gasteiger partial charge in [0.05, 0.1) is 18.8 Å². The van der Waals surface area contributed by atoms with Crippen molar-refractivity contribution in [3.05, 3.63) is 52.8 Å². The molecule has 0 radical (unpaired) electrons. The summed E-state index contributed by atoms with van der Waals surface area (Å²) in [5.41, 5.74) is 15.1. The summed E-state index contributed by atoms with van der Waals surface area (Å²) in [7, 11) is 0. The zero-order chi connectivity index (χ0) is 13.8. The third-order valence-corrected chi connectivity index (χ3v) is 3.13. The first kappa shape index (κ1) is 13.1. The normalized spacial score (nSPS) is 10.4. The topological polar surface area (TPSA) is 82.2 Å². The lowest BCUT2D eigenvalue weighted by molar-refractivity contribution is 0.658. The fourth-order valence-corrected chi connectivity index (χ4v) is 2.04. The predicted molar refractivity (Wildman–Crippen MR) is 76.8 cm³/mol. The molecular formula is C14H19N5. The molecule has 100 valence electrons. The highest BCUT2D eigenvalue weighted by molar-refractivity contribution is 5.75. The second-order valence-electron chi connectivity index (χ2n) is 4.53. The minimum atomic E-state index is 0.106. The fraction of sp³-hybridized carbons (Fsp3) is 0.286. The van der Waals surface area contributed by atoms with E-state index in [9.17, 15) is 0 Å². The van der Waals surface area contributed by atoms with E-state index >= 15 is 0 Å². The standard InChI is InChI=1S/C14H19N5/c1-10-13(8-17-14(15)16)11(2)19(18-10)9-12-6-4-3-5-7-12/h3-7H,8-9H2,1-2H3,(H4,15,16,17). The summed E-state index contributed by atoms with van der Waals surface area (Å²) in [5.74, 6) is 0.106. The van der Waals surface area contributed by atoms with Crippen molar-refractivity contribution in [1.82, 2.24) is 9.78 Å². The molecule has 5 heteroatoms. The fourth-order valence-electron chi connectivity index (χ4n) is 2.04. The van der Waals surface area contributed by atoms with Gasteiger partial charge in [-0.1, -0.05) is 30.3 Å². The van der Waals surface area contributed by atoms with E-state index in [1.807, 2.05) is 36.7 Å². The molecule has 0 saturated heterocycles. The summed E-state index contributed by atoms with van der Waals surface area (Å²) in [5, 5.41) is 4.55. The number of aryl methyl sites for hydroxylation is 1. The maximum atomic E-state index is 5.37. The Labute approximate surface area is 112 Å². The van der Waals surface area contributed by atoms with E-state index in [4.69, 9.17) is 11.5 Å². The van der Waals surface area contributed by atoms with E-state index in [2.05, 4.69) is 22.2 Å². The van der Waals surface area contributed by atoms with Gasteiger partial charge < -0.3 is 11.5 Å². The Morgan fingerprint density at radius 2 is 1.89 bits per heavy atom. The lowest BCUT2D eigenvalue weighted by Crippen LogP contribution is -2.22.